The van der Waals surface area contributed by atoms with Crippen LogP contribution in [0.3, 0.4) is 0 Å². The van der Waals surface area contributed by atoms with Crippen LogP contribution in [-0.2, 0) is 0 Å². The number of piperidine rings is 1. The van der Waals surface area contributed by atoms with E-state index in [4.69, 9.17) is 0 Å². The first-order valence-corrected chi connectivity index (χ1v) is 9.10. The number of imide groups is 1. The first kappa shape index (κ1) is 20.7. The van der Waals surface area contributed by atoms with Gasteiger partial charge in [-0.15, -0.1) is 24.0 Å². The number of carbonyl (C=O) groups excluding carboxylic acids is 2. The third-order valence-corrected chi connectivity index (χ3v) is 4.75. The maximum absolute atomic E-state index is 12.4. The molecule has 1 saturated heterocycles. The number of hydrogen-bond donors (Lipinski definition) is 1. The van der Waals surface area contributed by atoms with Gasteiger partial charge in [-0.1, -0.05) is 19.1 Å². The summed E-state index contributed by atoms with van der Waals surface area (Å²) in [5.74, 6) is 1.11. The Bertz CT molecular complexity index is 657. The van der Waals surface area contributed by atoms with Gasteiger partial charge in [-0.25, -0.2) is 0 Å². The van der Waals surface area contributed by atoms with Crippen molar-refractivity contribution in [3.8, 4) is 0 Å². The van der Waals surface area contributed by atoms with Gasteiger partial charge in [-0.2, -0.15) is 0 Å². The SMILES string of the molecule is CCNC(=NCCN1C(=O)c2ccccc2C1=O)N1CCCC(C)C1.I. The molecule has 0 saturated carbocycles. The molecule has 1 aromatic carbocycles. The van der Waals surface area contributed by atoms with E-state index >= 15 is 0 Å². The van der Waals surface area contributed by atoms with Gasteiger partial charge in [0.25, 0.3) is 11.8 Å². The number of carbonyl (C=O) groups is 2. The normalized spacial score (nSPS) is 20.1. The van der Waals surface area contributed by atoms with E-state index in [1.165, 1.54) is 17.7 Å². The molecule has 1 unspecified atom stereocenters. The number of aliphatic imine (C=N–C) groups is 1. The van der Waals surface area contributed by atoms with Gasteiger partial charge in [-0.05, 0) is 37.8 Å². The van der Waals surface area contributed by atoms with Crippen LogP contribution in [0, 0.1) is 5.92 Å². The number of amides is 2. The highest BCUT2D eigenvalue weighted by molar-refractivity contribution is 14.0. The number of benzene rings is 1. The molecule has 1 atom stereocenters. The minimum atomic E-state index is -0.215. The number of nitrogens with zero attached hydrogens (tertiary/aromatic N) is 3. The molecule has 1 fully saturated rings. The Morgan fingerprint density at radius 1 is 1.23 bits per heavy atom. The van der Waals surface area contributed by atoms with Crippen molar-refractivity contribution in [1.82, 2.24) is 15.1 Å². The molecule has 0 radical (unpaired) electrons. The number of hydrogen-bond acceptors (Lipinski definition) is 3. The number of fused-ring (bicyclic) bond motifs is 1. The minimum Gasteiger partial charge on any atom is -0.357 e. The van der Waals surface area contributed by atoms with E-state index in [-0.39, 0.29) is 35.8 Å². The molecule has 142 valence electrons. The molecular formula is C19H27IN4O2. The van der Waals surface area contributed by atoms with E-state index in [2.05, 4.69) is 22.1 Å². The third-order valence-electron chi connectivity index (χ3n) is 4.75. The molecule has 1 aromatic rings. The summed E-state index contributed by atoms with van der Waals surface area (Å²) in [6.07, 6.45) is 2.43. The van der Waals surface area contributed by atoms with E-state index < -0.39 is 0 Å². The zero-order valence-corrected chi connectivity index (χ0v) is 17.7. The molecule has 0 aliphatic carbocycles. The lowest BCUT2D eigenvalue weighted by molar-refractivity contribution is 0.0659. The van der Waals surface area contributed by atoms with Crippen LogP contribution in [0.15, 0.2) is 29.3 Å². The molecule has 7 heteroatoms. The van der Waals surface area contributed by atoms with Crippen molar-refractivity contribution in [3.63, 3.8) is 0 Å². The Morgan fingerprint density at radius 3 is 2.46 bits per heavy atom. The highest BCUT2D eigenvalue weighted by atomic mass is 127. The highest BCUT2D eigenvalue weighted by Gasteiger charge is 2.34. The van der Waals surface area contributed by atoms with Crippen LogP contribution in [0.5, 0.6) is 0 Å². The second-order valence-electron chi connectivity index (χ2n) is 6.74. The summed E-state index contributed by atoms with van der Waals surface area (Å²) in [5.41, 5.74) is 0.987. The molecule has 0 aromatic heterocycles. The van der Waals surface area contributed by atoms with Crippen LogP contribution < -0.4 is 5.32 Å². The molecule has 0 spiro atoms. The van der Waals surface area contributed by atoms with Crippen LogP contribution in [0.4, 0.5) is 0 Å². The largest absolute Gasteiger partial charge is 0.357 e. The fraction of sp³-hybridized carbons (Fsp3) is 0.526. The van der Waals surface area contributed by atoms with Gasteiger partial charge in [0.2, 0.25) is 0 Å². The summed E-state index contributed by atoms with van der Waals surface area (Å²) in [6.45, 7) is 7.84. The minimum absolute atomic E-state index is 0. The second-order valence-corrected chi connectivity index (χ2v) is 6.74. The average molecular weight is 470 g/mol. The maximum Gasteiger partial charge on any atom is 0.261 e. The Labute approximate surface area is 172 Å². The Balaban J connectivity index is 0.00000243. The first-order valence-electron chi connectivity index (χ1n) is 9.10. The van der Waals surface area contributed by atoms with Crippen LogP contribution >= 0.6 is 24.0 Å². The van der Waals surface area contributed by atoms with Crippen molar-refractivity contribution in [2.45, 2.75) is 26.7 Å². The average Bonchev–Trinajstić information content (AvgIpc) is 2.86. The summed E-state index contributed by atoms with van der Waals surface area (Å²) in [5, 5.41) is 3.33. The van der Waals surface area contributed by atoms with Gasteiger partial charge >= 0.3 is 0 Å². The van der Waals surface area contributed by atoms with Crippen LogP contribution in [0.1, 0.15) is 47.4 Å². The van der Waals surface area contributed by atoms with E-state index in [0.717, 1.165) is 25.6 Å². The summed E-state index contributed by atoms with van der Waals surface area (Å²) < 4.78 is 0. The number of likely N-dealkylation sites (tertiary alicyclic amines) is 1. The van der Waals surface area contributed by atoms with Gasteiger partial charge in [0, 0.05) is 26.2 Å². The quantitative estimate of drug-likeness (QED) is 0.318. The zero-order chi connectivity index (χ0) is 17.8. The van der Waals surface area contributed by atoms with E-state index in [0.29, 0.717) is 30.1 Å². The van der Waals surface area contributed by atoms with Gasteiger partial charge in [0.05, 0.1) is 17.7 Å². The summed E-state index contributed by atoms with van der Waals surface area (Å²) in [6, 6.07) is 6.98. The Kier molecular flexibility index (Phi) is 7.43. The fourth-order valence-corrected chi connectivity index (χ4v) is 3.51. The standard InChI is InChI=1S/C19H26N4O2.HI/c1-3-20-19(22-11-6-7-14(2)13-22)21-10-12-23-17(24)15-8-4-5-9-16(15)18(23)25;/h4-5,8-9,14H,3,6-7,10-13H2,1-2H3,(H,20,21);1H. The number of nitrogens with one attached hydrogen (secondary N) is 1. The highest BCUT2D eigenvalue weighted by Crippen LogP contribution is 2.22. The van der Waals surface area contributed by atoms with Crippen LogP contribution in [0.25, 0.3) is 0 Å². The van der Waals surface area contributed by atoms with Crippen molar-refractivity contribution < 1.29 is 9.59 Å². The molecule has 2 aliphatic rings. The van der Waals surface area contributed by atoms with Crippen molar-refractivity contribution in [2.75, 3.05) is 32.7 Å². The molecule has 3 rings (SSSR count). The lowest BCUT2D eigenvalue weighted by Crippen LogP contribution is -2.46. The monoisotopic (exact) mass is 470 g/mol. The van der Waals surface area contributed by atoms with E-state index in [1.54, 1.807) is 24.3 Å². The fourth-order valence-electron chi connectivity index (χ4n) is 3.51. The van der Waals surface area contributed by atoms with Gasteiger partial charge in [0.1, 0.15) is 0 Å². The Hall–Kier alpha value is -1.64. The smallest absolute Gasteiger partial charge is 0.261 e. The second kappa shape index (κ2) is 9.34. The lowest BCUT2D eigenvalue weighted by atomic mass is 10.0. The first-order chi connectivity index (χ1) is 12.1. The summed E-state index contributed by atoms with van der Waals surface area (Å²) in [4.78, 5) is 33.0. The third kappa shape index (κ3) is 4.36. The molecule has 2 aliphatic heterocycles. The molecule has 2 amide bonds. The number of guanidine groups is 1. The molecule has 2 heterocycles. The lowest BCUT2D eigenvalue weighted by Gasteiger charge is -2.33. The predicted octanol–water partition coefficient (Wildman–Crippen LogP) is 2.60. The van der Waals surface area contributed by atoms with Crippen molar-refractivity contribution in [2.24, 2.45) is 10.9 Å². The van der Waals surface area contributed by atoms with E-state index in [1.807, 2.05) is 6.92 Å². The molecular weight excluding hydrogens is 443 g/mol. The van der Waals surface area contributed by atoms with Gasteiger partial charge in [0.15, 0.2) is 5.96 Å². The number of halogens is 1. The zero-order valence-electron chi connectivity index (χ0n) is 15.4. The van der Waals surface area contributed by atoms with Crippen molar-refractivity contribution >= 4 is 41.8 Å². The molecule has 6 nitrogen and oxygen atoms in total. The number of rotatable bonds is 4. The topological polar surface area (TPSA) is 65.0 Å². The Morgan fingerprint density at radius 2 is 1.88 bits per heavy atom. The summed E-state index contributed by atoms with van der Waals surface area (Å²) >= 11 is 0. The maximum atomic E-state index is 12.4. The van der Waals surface area contributed by atoms with Crippen molar-refractivity contribution in [1.29, 1.82) is 0 Å². The van der Waals surface area contributed by atoms with Crippen LogP contribution in [0.2, 0.25) is 0 Å². The molecule has 0 bridgehead atoms. The summed E-state index contributed by atoms with van der Waals surface area (Å²) in [7, 11) is 0. The molecule has 1 N–H and O–H groups in total. The van der Waals surface area contributed by atoms with E-state index in [9.17, 15) is 9.59 Å². The van der Waals surface area contributed by atoms with Crippen molar-refractivity contribution in [3.05, 3.63) is 35.4 Å². The molecule has 26 heavy (non-hydrogen) atoms. The van der Waals surface area contributed by atoms with Gasteiger partial charge in [-0.3, -0.25) is 19.5 Å². The predicted molar refractivity (Wildman–Crippen MR) is 113 cm³/mol. The van der Waals surface area contributed by atoms with Gasteiger partial charge < -0.3 is 10.2 Å². The van der Waals surface area contributed by atoms with Crippen LogP contribution in [-0.4, -0.2) is 60.3 Å².